The van der Waals surface area contributed by atoms with E-state index in [0.29, 0.717) is 18.7 Å². The smallest absolute Gasteiger partial charge is 0.241 e. The van der Waals surface area contributed by atoms with Gasteiger partial charge in [-0.3, -0.25) is 19.3 Å². The summed E-state index contributed by atoms with van der Waals surface area (Å²) in [6.07, 6.45) is 8.47. The van der Waals surface area contributed by atoms with Crippen LogP contribution in [-0.4, -0.2) is 38.7 Å². The summed E-state index contributed by atoms with van der Waals surface area (Å²) in [5.41, 5.74) is 0.877. The van der Waals surface area contributed by atoms with Crippen molar-refractivity contribution in [3.63, 3.8) is 0 Å². The molecule has 1 aromatic heterocycles. The second-order valence-corrected chi connectivity index (χ2v) is 7.23. The van der Waals surface area contributed by atoms with Gasteiger partial charge in [-0.05, 0) is 18.4 Å². The van der Waals surface area contributed by atoms with Crippen molar-refractivity contribution in [3.8, 4) is 0 Å². The molecule has 7 heteroatoms. The SMILES string of the molecule is Cn1ccnc1[C@H](NC(=O)CN1C(=O)[C@H]2CC=CC[C@@H]2C1=O)c1ccccc1. The predicted octanol–water partition coefficient (Wildman–Crippen LogP) is 1.58. The number of aromatic nitrogens is 2. The minimum atomic E-state index is -0.467. The number of hydrogen-bond donors (Lipinski definition) is 1. The van der Waals surface area contributed by atoms with E-state index >= 15 is 0 Å². The van der Waals surface area contributed by atoms with Gasteiger partial charge in [-0.1, -0.05) is 42.5 Å². The number of likely N-dealkylation sites (tertiary alicyclic amines) is 1. The molecule has 4 rings (SSSR count). The Morgan fingerprint density at radius 1 is 1.14 bits per heavy atom. The number of allylic oxidation sites excluding steroid dienone is 2. The van der Waals surface area contributed by atoms with E-state index in [1.54, 1.807) is 6.20 Å². The Balaban J connectivity index is 1.52. The summed E-state index contributed by atoms with van der Waals surface area (Å²) >= 11 is 0. The number of imidazole rings is 1. The minimum absolute atomic E-state index is 0.247. The molecule has 0 radical (unpaired) electrons. The van der Waals surface area contributed by atoms with Gasteiger partial charge in [0.1, 0.15) is 18.4 Å². The Labute approximate surface area is 163 Å². The van der Waals surface area contributed by atoms with Crippen molar-refractivity contribution < 1.29 is 14.4 Å². The van der Waals surface area contributed by atoms with Crippen LogP contribution in [0.2, 0.25) is 0 Å². The number of rotatable bonds is 5. The molecule has 3 amide bonds. The fourth-order valence-corrected chi connectivity index (χ4v) is 3.97. The van der Waals surface area contributed by atoms with Gasteiger partial charge >= 0.3 is 0 Å². The van der Waals surface area contributed by atoms with Gasteiger partial charge < -0.3 is 9.88 Å². The third-order valence-corrected chi connectivity index (χ3v) is 5.46. The van der Waals surface area contributed by atoms with Crippen molar-refractivity contribution in [1.82, 2.24) is 19.8 Å². The lowest BCUT2D eigenvalue weighted by Crippen LogP contribution is -2.42. The van der Waals surface area contributed by atoms with Gasteiger partial charge in [-0.15, -0.1) is 0 Å². The lowest BCUT2D eigenvalue weighted by atomic mass is 9.85. The number of hydrogen-bond acceptors (Lipinski definition) is 4. The van der Waals surface area contributed by atoms with Crippen LogP contribution in [0.4, 0.5) is 0 Å². The highest BCUT2D eigenvalue weighted by Gasteiger charge is 2.47. The molecule has 1 aromatic carbocycles. The van der Waals surface area contributed by atoms with E-state index in [0.717, 1.165) is 10.5 Å². The molecule has 2 aliphatic rings. The second-order valence-electron chi connectivity index (χ2n) is 7.23. The van der Waals surface area contributed by atoms with Crippen LogP contribution in [0, 0.1) is 11.8 Å². The average Bonchev–Trinajstić information content (AvgIpc) is 3.24. The van der Waals surface area contributed by atoms with Crippen LogP contribution in [0.3, 0.4) is 0 Å². The Kier molecular flexibility index (Phi) is 4.81. The second kappa shape index (κ2) is 7.42. The summed E-state index contributed by atoms with van der Waals surface area (Å²) < 4.78 is 1.84. The van der Waals surface area contributed by atoms with Crippen LogP contribution in [0.5, 0.6) is 0 Å². The Hall–Kier alpha value is -3.22. The van der Waals surface area contributed by atoms with Crippen LogP contribution in [0.15, 0.2) is 54.9 Å². The van der Waals surface area contributed by atoms with E-state index in [-0.39, 0.29) is 36.1 Å². The largest absolute Gasteiger partial charge is 0.341 e. The van der Waals surface area contributed by atoms with E-state index in [1.165, 1.54) is 0 Å². The Morgan fingerprint density at radius 3 is 2.36 bits per heavy atom. The summed E-state index contributed by atoms with van der Waals surface area (Å²) in [4.78, 5) is 43.4. The molecular formula is C21H22N4O3. The number of carbonyl (C=O) groups excluding carboxylic acids is 3. The molecule has 7 nitrogen and oxygen atoms in total. The topological polar surface area (TPSA) is 84.3 Å². The van der Waals surface area contributed by atoms with E-state index < -0.39 is 6.04 Å². The molecule has 1 aliphatic heterocycles. The molecular weight excluding hydrogens is 356 g/mol. The summed E-state index contributed by atoms with van der Waals surface area (Å²) in [5, 5.41) is 2.94. The summed E-state index contributed by atoms with van der Waals surface area (Å²) in [7, 11) is 1.86. The normalized spacial score (nSPS) is 22.2. The van der Waals surface area contributed by atoms with Crippen molar-refractivity contribution in [2.75, 3.05) is 6.54 Å². The zero-order valence-corrected chi connectivity index (χ0v) is 15.6. The minimum Gasteiger partial charge on any atom is -0.341 e. The molecule has 0 bridgehead atoms. The van der Waals surface area contributed by atoms with E-state index in [4.69, 9.17) is 0 Å². The fourth-order valence-electron chi connectivity index (χ4n) is 3.97. The van der Waals surface area contributed by atoms with Gasteiger partial charge in [0.15, 0.2) is 0 Å². The van der Waals surface area contributed by atoms with Gasteiger partial charge in [-0.2, -0.15) is 0 Å². The van der Waals surface area contributed by atoms with Crippen LogP contribution < -0.4 is 5.32 Å². The van der Waals surface area contributed by atoms with Crippen LogP contribution in [-0.2, 0) is 21.4 Å². The predicted molar refractivity (Wildman–Crippen MR) is 102 cm³/mol. The first kappa shape index (κ1) is 18.2. The number of nitrogens with zero attached hydrogens (tertiary/aromatic N) is 3. The van der Waals surface area contributed by atoms with Crippen LogP contribution in [0.25, 0.3) is 0 Å². The van der Waals surface area contributed by atoms with Crippen molar-refractivity contribution in [1.29, 1.82) is 0 Å². The fraction of sp³-hybridized carbons (Fsp3) is 0.333. The van der Waals surface area contributed by atoms with Gasteiger partial charge in [-0.25, -0.2) is 4.98 Å². The average molecular weight is 378 g/mol. The van der Waals surface area contributed by atoms with E-state index in [1.807, 2.05) is 60.3 Å². The van der Waals surface area contributed by atoms with Crippen LogP contribution in [0.1, 0.15) is 30.3 Å². The molecule has 0 saturated carbocycles. The molecule has 28 heavy (non-hydrogen) atoms. The first-order chi connectivity index (χ1) is 13.6. The highest BCUT2D eigenvalue weighted by atomic mass is 16.2. The lowest BCUT2D eigenvalue weighted by Gasteiger charge is -2.21. The third-order valence-electron chi connectivity index (χ3n) is 5.46. The zero-order valence-electron chi connectivity index (χ0n) is 15.6. The van der Waals surface area contributed by atoms with Gasteiger partial charge in [0.25, 0.3) is 0 Å². The van der Waals surface area contributed by atoms with Gasteiger partial charge in [0.2, 0.25) is 17.7 Å². The first-order valence-corrected chi connectivity index (χ1v) is 9.38. The zero-order chi connectivity index (χ0) is 19.7. The quantitative estimate of drug-likeness (QED) is 0.632. The summed E-state index contributed by atoms with van der Waals surface area (Å²) in [5.74, 6) is -0.860. The van der Waals surface area contributed by atoms with Crippen molar-refractivity contribution in [2.45, 2.75) is 18.9 Å². The number of aryl methyl sites for hydroxylation is 1. The Morgan fingerprint density at radius 2 is 1.79 bits per heavy atom. The monoisotopic (exact) mass is 378 g/mol. The maximum absolute atomic E-state index is 12.8. The Bertz CT molecular complexity index is 908. The maximum atomic E-state index is 12.8. The first-order valence-electron chi connectivity index (χ1n) is 9.38. The van der Waals surface area contributed by atoms with Crippen molar-refractivity contribution in [2.24, 2.45) is 18.9 Å². The molecule has 1 N–H and O–H groups in total. The van der Waals surface area contributed by atoms with Gasteiger partial charge in [0.05, 0.1) is 11.8 Å². The number of nitrogens with one attached hydrogen (secondary N) is 1. The molecule has 144 valence electrons. The number of carbonyl (C=O) groups is 3. The van der Waals surface area contributed by atoms with Crippen molar-refractivity contribution >= 4 is 17.7 Å². The number of amides is 3. The molecule has 1 aliphatic carbocycles. The standard InChI is InChI=1S/C21H22N4O3/c1-24-12-11-22-19(24)18(14-7-3-2-4-8-14)23-17(26)13-25-20(27)15-9-5-6-10-16(15)21(25)28/h2-8,11-12,15-16,18H,9-10,13H2,1H3,(H,23,26)/t15-,16-,18+/m0/s1. The number of benzene rings is 1. The molecule has 1 saturated heterocycles. The molecule has 2 aromatic rings. The lowest BCUT2D eigenvalue weighted by molar-refractivity contribution is -0.143. The van der Waals surface area contributed by atoms with Gasteiger partial charge in [0, 0.05) is 19.4 Å². The highest BCUT2D eigenvalue weighted by molar-refractivity contribution is 6.07. The molecule has 1 fully saturated rings. The number of fused-ring (bicyclic) bond motifs is 1. The van der Waals surface area contributed by atoms with E-state index in [9.17, 15) is 14.4 Å². The van der Waals surface area contributed by atoms with E-state index in [2.05, 4.69) is 10.3 Å². The highest BCUT2D eigenvalue weighted by Crippen LogP contribution is 2.34. The maximum Gasteiger partial charge on any atom is 0.241 e. The molecule has 0 unspecified atom stereocenters. The third kappa shape index (κ3) is 3.24. The molecule has 0 spiro atoms. The van der Waals surface area contributed by atoms with Crippen LogP contribution >= 0.6 is 0 Å². The molecule has 3 atom stereocenters. The summed E-state index contributed by atoms with van der Waals surface area (Å²) in [6.45, 7) is -0.265. The molecule has 2 heterocycles. The number of imide groups is 1. The van der Waals surface area contributed by atoms with Crippen molar-refractivity contribution in [3.05, 3.63) is 66.3 Å². The summed E-state index contributed by atoms with van der Waals surface area (Å²) in [6, 6.07) is 9.03.